The number of hydrogen-bond donors (Lipinski definition) is 4. The zero-order valence-electron chi connectivity index (χ0n) is 39.4. The van der Waals surface area contributed by atoms with Crippen molar-refractivity contribution in [3.63, 3.8) is 0 Å². The Hall–Kier alpha value is -6.86. The maximum absolute atomic E-state index is 14.6. The van der Waals surface area contributed by atoms with Gasteiger partial charge in [-0.15, -0.1) is 0 Å². The van der Waals surface area contributed by atoms with Gasteiger partial charge in [0.2, 0.25) is 11.8 Å². The van der Waals surface area contributed by atoms with Gasteiger partial charge in [-0.1, -0.05) is 138 Å². The van der Waals surface area contributed by atoms with Crippen LogP contribution in [0.4, 0.5) is 9.59 Å². The minimum Gasteiger partial charge on any atom is -0.365 e. The lowest BCUT2D eigenvalue weighted by molar-refractivity contribution is -0.125. The molecule has 2 aromatic heterocycles. The van der Waals surface area contributed by atoms with E-state index < -0.39 is 36.4 Å². The third kappa shape index (κ3) is 12.7. The molecule has 6 aromatic rings. The van der Waals surface area contributed by atoms with Gasteiger partial charge in [-0.05, 0) is 81.6 Å². The molecule has 13 nitrogen and oxygen atoms in total. The molecule has 6 amide bonds. The monoisotopic (exact) mass is 904 g/mol. The molecule has 0 aliphatic carbocycles. The number of hydrogen-bond acceptors (Lipinski definition) is 7. The molecule has 1 aliphatic heterocycles. The quantitative estimate of drug-likeness (QED) is 0.0569. The molecule has 0 bridgehead atoms. The van der Waals surface area contributed by atoms with E-state index in [1.165, 1.54) is 9.80 Å². The lowest BCUT2D eigenvalue weighted by atomic mass is 9.92. The van der Waals surface area contributed by atoms with Crippen LogP contribution in [0.3, 0.4) is 0 Å². The molecule has 0 radical (unpaired) electrons. The number of urea groups is 2. The van der Waals surface area contributed by atoms with Crippen LogP contribution in [-0.2, 0) is 40.3 Å². The topological polar surface area (TPSA) is 161 Å². The lowest BCUT2D eigenvalue weighted by Crippen LogP contribution is -2.57. The van der Waals surface area contributed by atoms with E-state index in [4.69, 9.17) is 4.74 Å². The van der Waals surface area contributed by atoms with E-state index in [9.17, 15) is 19.2 Å². The fourth-order valence-electron chi connectivity index (χ4n) is 8.57. The van der Waals surface area contributed by atoms with E-state index in [1.807, 2.05) is 88.4 Å². The summed E-state index contributed by atoms with van der Waals surface area (Å²) in [6.07, 6.45) is 4.53. The van der Waals surface area contributed by atoms with Crippen molar-refractivity contribution in [2.75, 3.05) is 14.1 Å². The second kappa shape index (κ2) is 22.6. The van der Waals surface area contributed by atoms with Crippen LogP contribution in [0, 0.1) is 11.8 Å². The standard InChI is InChI=1S/C54H64N8O5/c1-7-35(3)47(59-53(65)61(5)33-43-21-13-15-27-55-43)51(63)57-45(31-37-23-25-39-17-9-11-19-41(39)29-37)49-50(67-49)46(32-38-24-26-40-18-10-12-20-42(40)30-38)58-52(64)48(36(4)8-2)60-54(66)62(6)34-44-22-14-16-28-56-44/h9-30,35-36,45-50H,7-8,31-34H2,1-6H3,(H,57,63)(H,58,64)(H,59,65)(H,60,66)/t35-,36-,45-,46-,47-,48-,49-,50+/m0/s1. The van der Waals surface area contributed by atoms with Crippen molar-refractivity contribution in [1.29, 1.82) is 0 Å². The smallest absolute Gasteiger partial charge is 0.318 e. The second-order valence-corrected chi connectivity index (χ2v) is 18.0. The first kappa shape index (κ1) is 48.1. The van der Waals surface area contributed by atoms with Crippen molar-refractivity contribution < 1.29 is 23.9 Å². The number of nitrogens with one attached hydrogen (secondary N) is 4. The summed E-state index contributed by atoms with van der Waals surface area (Å²) in [5.74, 6) is -1.03. The Balaban J connectivity index is 1.16. The first-order valence-electron chi connectivity index (χ1n) is 23.4. The Morgan fingerprint density at radius 3 is 1.30 bits per heavy atom. The molecule has 8 atom stereocenters. The first-order chi connectivity index (χ1) is 32.4. The number of pyridine rings is 2. The van der Waals surface area contributed by atoms with Crippen LogP contribution in [0.25, 0.3) is 21.5 Å². The fraction of sp³-hybridized carbons (Fsp3) is 0.370. The molecule has 0 unspecified atom stereocenters. The van der Waals surface area contributed by atoms with Gasteiger partial charge in [-0.25, -0.2) is 9.59 Å². The number of aromatic nitrogens is 2. The minimum absolute atomic E-state index is 0.194. The average Bonchev–Trinajstić information content (AvgIpc) is 4.15. The van der Waals surface area contributed by atoms with Crippen molar-refractivity contribution in [2.24, 2.45) is 11.8 Å². The Morgan fingerprint density at radius 1 is 0.537 bits per heavy atom. The highest BCUT2D eigenvalue weighted by Crippen LogP contribution is 2.33. The summed E-state index contributed by atoms with van der Waals surface area (Å²) in [4.78, 5) is 68.3. The van der Waals surface area contributed by atoms with Gasteiger partial charge in [0, 0.05) is 26.5 Å². The van der Waals surface area contributed by atoms with E-state index in [0.717, 1.165) is 44.1 Å². The molecule has 13 heteroatoms. The Morgan fingerprint density at radius 2 is 0.925 bits per heavy atom. The van der Waals surface area contributed by atoms with Crippen LogP contribution < -0.4 is 21.3 Å². The molecule has 1 aliphatic rings. The normalized spacial score (nSPS) is 17.0. The molecule has 4 aromatic carbocycles. The summed E-state index contributed by atoms with van der Waals surface area (Å²) < 4.78 is 6.63. The summed E-state index contributed by atoms with van der Waals surface area (Å²) >= 11 is 0. The number of nitrogens with zero attached hydrogens (tertiary/aromatic N) is 4. The molecular weight excluding hydrogens is 841 g/mol. The highest BCUT2D eigenvalue weighted by molar-refractivity contribution is 5.89. The maximum Gasteiger partial charge on any atom is 0.318 e. The number of carbonyl (C=O) groups excluding carboxylic acids is 4. The van der Waals surface area contributed by atoms with Crippen LogP contribution in [0.2, 0.25) is 0 Å². The van der Waals surface area contributed by atoms with Gasteiger partial charge in [0.1, 0.15) is 24.3 Å². The molecule has 0 spiro atoms. The van der Waals surface area contributed by atoms with Crippen molar-refractivity contribution in [3.05, 3.63) is 156 Å². The number of ether oxygens (including phenoxy) is 1. The predicted octanol–water partition coefficient (Wildman–Crippen LogP) is 7.82. The van der Waals surface area contributed by atoms with Crippen LogP contribution >= 0.6 is 0 Å². The number of epoxide rings is 1. The highest BCUT2D eigenvalue weighted by atomic mass is 16.6. The van der Waals surface area contributed by atoms with Crippen LogP contribution in [0.1, 0.15) is 63.1 Å². The van der Waals surface area contributed by atoms with Gasteiger partial charge >= 0.3 is 12.1 Å². The van der Waals surface area contributed by atoms with Crippen LogP contribution in [-0.4, -0.2) is 94.1 Å². The zero-order chi connectivity index (χ0) is 47.5. The van der Waals surface area contributed by atoms with Crippen molar-refractivity contribution in [1.82, 2.24) is 41.0 Å². The van der Waals surface area contributed by atoms with Crippen molar-refractivity contribution in [3.8, 4) is 0 Å². The third-order valence-electron chi connectivity index (χ3n) is 13.0. The third-order valence-corrected chi connectivity index (χ3v) is 13.0. The van der Waals surface area contributed by atoms with E-state index >= 15 is 0 Å². The number of carbonyl (C=O) groups is 4. The van der Waals surface area contributed by atoms with Crippen molar-refractivity contribution in [2.45, 2.75) is 103 Å². The minimum atomic E-state index is -0.844. The number of rotatable bonds is 20. The molecule has 4 N–H and O–H groups in total. The van der Waals surface area contributed by atoms with Crippen molar-refractivity contribution >= 4 is 45.4 Å². The van der Waals surface area contributed by atoms with Gasteiger partial charge < -0.3 is 35.8 Å². The molecule has 0 saturated carbocycles. The number of fused-ring (bicyclic) bond motifs is 2. The highest BCUT2D eigenvalue weighted by Gasteiger charge is 2.51. The molecular formula is C54H64N8O5. The van der Waals surface area contributed by atoms with Crippen LogP contribution in [0.15, 0.2) is 134 Å². The molecule has 3 heterocycles. The predicted molar refractivity (Wildman–Crippen MR) is 263 cm³/mol. The molecule has 7 rings (SSSR count). The summed E-state index contributed by atoms with van der Waals surface area (Å²) in [6.45, 7) is 8.45. The van der Waals surface area contributed by atoms with Gasteiger partial charge in [0.15, 0.2) is 0 Å². The molecule has 67 heavy (non-hydrogen) atoms. The Labute approximate surface area is 394 Å². The largest absolute Gasteiger partial charge is 0.365 e. The number of amides is 6. The summed E-state index contributed by atoms with van der Waals surface area (Å²) in [6, 6.07) is 36.4. The SMILES string of the molecule is CC[C@H](C)[C@H](NC(=O)N(C)Cc1ccccn1)C(=O)N[C@@H](Cc1ccc2ccccc2c1)[C@@H]1O[C@@H]1[C@H](Cc1ccc2ccccc2c1)NC(=O)[C@@H](NC(=O)N(C)Cc1ccccn1)[C@@H](C)CC. The number of benzene rings is 4. The maximum atomic E-state index is 14.6. The zero-order valence-corrected chi connectivity index (χ0v) is 39.4. The molecule has 1 fully saturated rings. The van der Waals surface area contributed by atoms with Crippen LogP contribution in [0.5, 0.6) is 0 Å². The Kier molecular flexibility index (Phi) is 16.2. The van der Waals surface area contributed by atoms with Gasteiger partial charge in [0.25, 0.3) is 0 Å². The molecule has 1 saturated heterocycles. The summed E-state index contributed by atoms with van der Waals surface area (Å²) in [7, 11) is 3.37. The van der Waals surface area contributed by atoms with E-state index in [-0.39, 0.29) is 48.8 Å². The Bertz CT molecular complexity index is 2440. The molecule has 350 valence electrons. The second-order valence-electron chi connectivity index (χ2n) is 18.0. The van der Waals surface area contributed by atoms with Gasteiger partial charge in [-0.3, -0.25) is 19.6 Å². The van der Waals surface area contributed by atoms with Gasteiger partial charge in [0.05, 0.1) is 36.6 Å². The summed E-state index contributed by atoms with van der Waals surface area (Å²) in [5.41, 5.74) is 3.46. The fourth-order valence-corrected chi connectivity index (χ4v) is 8.57. The average molecular weight is 905 g/mol. The lowest BCUT2D eigenvalue weighted by Gasteiger charge is -2.29. The van der Waals surface area contributed by atoms with E-state index in [2.05, 4.69) is 91.9 Å². The summed E-state index contributed by atoms with van der Waals surface area (Å²) in [5, 5.41) is 17.1. The van der Waals surface area contributed by atoms with E-state index in [0.29, 0.717) is 25.7 Å². The first-order valence-corrected chi connectivity index (χ1v) is 23.4. The van der Waals surface area contributed by atoms with Gasteiger partial charge in [-0.2, -0.15) is 0 Å². The van der Waals surface area contributed by atoms with E-state index in [1.54, 1.807) is 26.5 Å².